The van der Waals surface area contributed by atoms with Crippen LogP contribution in [0.15, 0.2) is 64.1 Å². The van der Waals surface area contributed by atoms with Crippen molar-refractivity contribution in [3.8, 4) is 0 Å². The van der Waals surface area contributed by atoms with E-state index in [1.165, 1.54) is 6.08 Å². The standard InChI is InChI=1S/C31H33F3N2O4/c1-28-14-22(31(32,33)34)20-13-21-25(37)26(38)23(36(2)3)15-29(21)9-10-30(20,40-29)24(28)7-6-19(28)17-5-4-16-8-11-35-27(39)18(16)12-17/h4-6,8,11-13,23-26,37-38H,7,9-10,14-15H2,1-3H3,(H,35,39). The van der Waals surface area contributed by atoms with Gasteiger partial charge < -0.3 is 24.8 Å². The Balaban J connectivity index is 1.40. The van der Waals surface area contributed by atoms with Crippen LogP contribution in [0.5, 0.6) is 0 Å². The Bertz CT molecular complexity index is 1590. The average Bonchev–Trinajstić information content (AvgIpc) is 3.41. The maximum atomic E-state index is 14.9. The van der Waals surface area contributed by atoms with Crippen LogP contribution in [-0.2, 0) is 4.74 Å². The fourth-order valence-corrected chi connectivity index (χ4v) is 8.73. The third kappa shape index (κ3) is 3.29. The number of allylic oxidation sites excluding steroid dienone is 3. The fourth-order valence-electron chi connectivity index (χ4n) is 8.73. The molecule has 2 aromatic rings. The Labute approximate surface area is 229 Å². The van der Waals surface area contributed by atoms with Gasteiger partial charge in [0, 0.05) is 34.5 Å². The third-order valence-corrected chi connectivity index (χ3v) is 10.6. The molecular weight excluding hydrogens is 521 g/mol. The first-order chi connectivity index (χ1) is 18.8. The number of aliphatic hydroxyl groups excluding tert-OH is 2. The minimum absolute atomic E-state index is 0.116. The number of aromatic nitrogens is 1. The Morgan fingerprint density at radius 3 is 2.65 bits per heavy atom. The molecule has 0 radical (unpaired) electrons. The van der Waals surface area contributed by atoms with Gasteiger partial charge >= 0.3 is 6.18 Å². The van der Waals surface area contributed by atoms with E-state index in [4.69, 9.17) is 4.74 Å². The molecule has 3 N–H and O–H groups in total. The lowest BCUT2D eigenvalue weighted by molar-refractivity contribution is -0.170. The second kappa shape index (κ2) is 8.18. The molecule has 7 unspecified atom stereocenters. The highest BCUT2D eigenvalue weighted by Crippen LogP contribution is 2.70. The lowest BCUT2D eigenvalue weighted by Gasteiger charge is -2.57. The van der Waals surface area contributed by atoms with E-state index in [0.29, 0.717) is 36.6 Å². The topological polar surface area (TPSA) is 85.8 Å². The van der Waals surface area contributed by atoms with Crippen LogP contribution in [0.25, 0.3) is 16.3 Å². The van der Waals surface area contributed by atoms with E-state index in [1.807, 2.05) is 44.1 Å². The summed E-state index contributed by atoms with van der Waals surface area (Å²) >= 11 is 0. The maximum Gasteiger partial charge on any atom is 0.413 e. The van der Waals surface area contributed by atoms with Crippen LogP contribution < -0.4 is 5.56 Å². The van der Waals surface area contributed by atoms with Gasteiger partial charge in [-0.15, -0.1) is 0 Å². The number of fused-ring (bicyclic) bond motifs is 2. The van der Waals surface area contributed by atoms with Crippen LogP contribution in [-0.4, -0.2) is 69.8 Å². The van der Waals surface area contributed by atoms with Gasteiger partial charge in [0.05, 0.1) is 17.3 Å². The number of aliphatic hydroxyl groups is 2. The largest absolute Gasteiger partial charge is 0.413 e. The summed E-state index contributed by atoms with van der Waals surface area (Å²) in [4.78, 5) is 17.1. The van der Waals surface area contributed by atoms with Gasteiger partial charge in [-0.3, -0.25) is 4.79 Å². The number of hydrogen-bond acceptors (Lipinski definition) is 5. The molecule has 1 saturated heterocycles. The zero-order chi connectivity index (χ0) is 28.4. The van der Waals surface area contributed by atoms with Gasteiger partial charge in [-0.1, -0.05) is 31.2 Å². The van der Waals surface area contributed by atoms with Crippen molar-refractivity contribution in [2.45, 2.75) is 74.7 Å². The fraction of sp³-hybridized carbons (Fsp3) is 0.516. The predicted molar refractivity (Wildman–Crippen MR) is 144 cm³/mol. The smallest absolute Gasteiger partial charge is 0.388 e. The highest BCUT2D eigenvalue weighted by molar-refractivity contribution is 5.87. The second-order valence-electron chi connectivity index (χ2n) is 12.8. The molecule has 2 spiro atoms. The van der Waals surface area contributed by atoms with Gasteiger partial charge in [0.1, 0.15) is 6.10 Å². The summed E-state index contributed by atoms with van der Waals surface area (Å²) in [6.07, 6.45) is -0.273. The van der Waals surface area contributed by atoms with Crippen molar-refractivity contribution in [2.24, 2.45) is 11.3 Å². The number of halogens is 3. The molecule has 40 heavy (non-hydrogen) atoms. The van der Waals surface area contributed by atoms with Crippen LogP contribution in [0.4, 0.5) is 13.2 Å². The number of benzene rings is 1. The van der Waals surface area contributed by atoms with Gasteiger partial charge in [0.25, 0.3) is 5.56 Å². The zero-order valence-electron chi connectivity index (χ0n) is 22.7. The molecular formula is C31H33F3N2O4. The molecule has 7 atom stereocenters. The summed E-state index contributed by atoms with van der Waals surface area (Å²) in [6.45, 7) is 1.91. The molecule has 0 amide bonds. The Morgan fingerprint density at radius 1 is 1.15 bits per heavy atom. The quantitative estimate of drug-likeness (QED) is 0.510. The van der Waals surface area contributed by atoms with Crippen molar-refractivity contribution in [2.75, 3.05) is 14.1 Å². The van der Waals surface area contributed by atoms with Gasteiger partial charge in [-0.2, -0.15) is 13.2 Å². The van der Waals surface area contributed by atoms with E-state index in [0.717, 1.165) is 16.5 Å². The van der Waals surface area contributed by atoms with Gasteiger partial charge in [-0.05, 0) is 86.0 Å². The molecule has 5 aliphatic rings. The number of nitrogens with zero attached hydrogens (tertiary/aromatic N) is 1. The van der Waals surface area contributed by atoms with Crippen LogP contribution in [0.1, 0.15) is 44.6 Å². The first-order valence-corrected chi connectivity index (χ1v) is 13.9. The maximum absolute atomic E-state index is 14.9. The summed E-state index contributed by atoms with van der Waals surface area (Å²) in [5.74, 6) is -0.250. The van der Waals surface area contributed by atoms with Crippen LogP contribution in [0, 0.1) is 11.3 Å². The van der Waals surface area contributed by atoms with Crippen LogP contribution >= 0.6 is 0 Å². The molecule has 2 bridgehead atoms. The Kier molecular flexibility index (Phi) is 5.36. The van der Waals surface area contributed by atoms with E-state index in [-0.39, 0.29) is 23.5 Å². The summed E-state index contributed by atoms with van der Waals surface area (Å²) < 4.78 is 51.6. The molecule has 1 aromatic carbocycles. The highest BCUT2D eigenvalue weighted by Gasteiger charge is 2.69. The number of hydrogen-bond donors (Lipinski definition) is 3. The monoisotopic (exact) mass is 554 g/mol. The molecule has 9 heteroatoms. The number of ether oxygens (including phenoxy) is 1. The molecule has 2 aliphatic heterocycles. The molecule has 1 saturated carbocycles. The van der Waals surface area contributed by atoms with Crippen molar-refractivity contribution in [1.82, 2.24) is 9.88 Å². The SMILES string of the molecule is CN(C)C1CC23CCC4(O2)C(=C(C(F)(F)F)CC2(C)C(c5ccc6cc[nH]c(=O)c6c5)=CCC24)C=C3C(O)C1O. The van der Waals surface area contributed by atoms with Crippen molar-refractivity contribution >= 4 is 16.3 Å². The Hall–Kier alpha value is -2.72. The van der Waals surface area contributed by atoms with E-state index < -0.39 is 46.6 Å². The normalized spacial score (nSPS) is 38.7. The van der Waals surface area contributed by atoms with E-state index >= 15 is 0 Å². The van der Waals surface area contributed by atoms with E-state index in [9.17, 15) is 28.2 Å². The Morgan fingerprint density at radius 2 is 1.93 bits per heavy atom. The lowest BCUT2D eigenvalue weighted by Crippen LogP contribution is -2.62. The van der Waals surface area contributed by atoms with Crippen molar-refractivity contribution < 1.29 is 28.1 Å². The van der Waals surface area contributed by atoms with Gasteiger partial charge in [0.2, 0.25) is 0 Å². The molecule has 1 aromatic heterocycles. The number of likely N-dealkylation sites (N-methyl/N-ethyl adjacent to an activating group) is 1. The molecule has 2 fully saturated rings. The first-order valence-electron chi connectivity index (χ1n) is 13.9. The minimum atomic E-state index is -4.60. The second-order valence-corrected chi connectivity index (χ2v) is 12.8. The summed E-state index contributed by atoms with van der Waals surface area (Å²) in [5, 5.41) is 23.3. The number of alkyl halides is 3. The molecule has 6 nitrogen and oxygen atoms in total. The molecule has 3 aliphatic carbocycles. The lowest BCUT2D eigenvalue weighted by atomic mass is 9.56. The third-order valence-electron chi connectivity index (χ3n) is 10.6. The van der Waals surface area contributed by atoms with E-state index in [1.54, 1.807) is 18.3 Å². The zero-order valence-corrected chi connectivity index (χ0v) is 22.7. The number of nitrogens with one attached hydrogen (secondary N) is 1. The number of pyridine rings is 1. The van der Waals surface area contributed by atoms with Crippen LogP contribution in [0.3, 0.4) is 0 Å². The van der Waals surface area contributed by atoms with Crippen LogP contribution in [0.2, 0.25) is 0 Å². The highest BCUT2D eigenvalue weighted by atomic mass is 19.4. The number of H-pyrrole nitrogens is 1. The van der Waals surface area contributed by atoms with Crippen molar-refractivity contribution in [1.29, 1.82) is 0 Å². The minimum Gasteiger partial charge on any atom is -0.388 e. The number of aromatic amines is 1. The average molecular weight is 555 g/mol. The molecule has 212 valence electrons. The molecule has 7 rings (SSSR count). The summed E-state index contributed by atoms with van der Waals surface area (Å²) in [6, 6.07) is 6.93. The summed E-state index contributed by atoms with van der Waals surface area (Å²) in [7, 11) is 3.65. The van der Waals surface area contributed by atoms with E-state index in [2.05, 4.69) is 4.98 Å². The van der Waals surface area contributed by atoms with Crippen molar-refractivity contribution in [3.63, 3.8) is 0 Å². The van der Waals surface area contributed by atoms with Crippen molar-refractivity contribution in [3.05, 3.63) is 75.3 Å². The summed E-state index contributed by atoms with van der Waals surface area (Å²) in [5.41, 5.74) is -1.79. The predicted octanol–water partition coefficient (Wildman–Crippen LogP) is 4.48. The first kappa shape index (κ1) is 26.2. The van der Waals surface area contributed by atoms with Gasteiger partial charge in [0.15, 0.2) is 0 Å². The van der Waals surface area contributed by atoms with Gasteiger partial charge in [-0.25, -0.2) is 0 Å². The number of rotatable bonds is 2. The molecule has 3 heterocycles.